The molecule has 1 aromatic carbocycles. The van der Waals surface area contributed by atoms with Crippen molar-refractivity contribution < 1.29 is 4.39 Å². The van der Waals surface area contributed by atoms with Crippen LogP contribution in [0.15, 0.2) is 30.6 Å². The molecule has 1 aromatic heterocycles. The van der Waals surface area contributed by atoms with Crippen LogP contribution >= 0.6 is 11.6 Å². The number of halogens is 2. The zero-order valence-electron chi connectivity index (χ0n) is 12.4. The van der Waals surface area contributed by atoms with E-state index in [-0.39, 0.29) is 16.9 Å². The van der Waals surface area contributed by atoms with Crippen molar-refractivity contribution in [1.29, 1.82) is 0 Å². The first-order chi connectivity index (χ1) is 10.2. The third-order valence-corrected chi connectivity index (χ3v) is 3.76. The molecule has 1 unspecified atom stereocenters. The van der Waals surface area contributed by atoms with Gasteiger partial charge < -0.3 is 9.88 Å². The summed E-state index contributed by atoms with van der Waals surface area (Å²) in [4.78, 5) is 4.43. The average Bonchev–Trinajstić information content (AvgIpc) is 2.89. The minimum absolute atomic E-state index is 0.0276. The largest absolute Gasteiger partial charge is 0.335 e. The molecular weight excluding hydrogens is 289 g/mol. The first kappa shape index (κ1) is 16.0. The molecule has 0 saturated carbocycles. The second-order valence-electron chi connectivity index (χ2n) is 5.02. The van der Waals surface area contributed by atoms with E-state index in [2.05, 4.69) is 21.8 Å². The first-order valence-electron chi connectivity index (χ1n) is 7.34. The lowest BCUT2D eigenvalue weighted by atomic mass is 10.0. The van der Waals surface area contributed by atoms with E-state index in [1.54, 1.807) is 6.07 Å². The minimum Gasteiger partial charge on any atom is -0.335 e. The number of hydrogen-bond donors (Lipinski definition) is 1. The van der Waals surface area contributed by atoms with Crippen LogP contribution < -0.4 is 5.32 Å². The van der Waals surface area contributed by atoms with E-state index in [0.717, 1.165) is 37.3 Å². The number of nitrogens with zero attached hydrogens (tertiary/aromatic N) is 2. The quantitative estimate of drug-likeness (QED) is 0.838. The van der Waals surface area contributed by atoms with Gasteiger partial charge in [-0.15, -0.1) is 0 Å². The molecule has 1 N–H and O–H groups in total. The van der Waals surface area contributed by atoms with E-state index >= 15 is 0 Å². The topological polar surface area (TPSA) is 29.9 Å². The van der Waals surface area contributed by atoms with Crippen LogP contribution in [0.1, 0.15) is 37.7 Å². The maximum absolute atomic E-state index is 13.7. The van der Waals surface area contributed by atoms with Crippen molar-refractivity contribution in [3.05, 3.63) is 52.8 Å². The zero-order chi connectivity index (χ0) is 15.2. The van der Waals surface area contributed by atoms with E-state index in [1.807, 2.05) is 25.4 Å². The summed E-state index contributed by atoms with van der Waals surface area (Å²) < 4.78 is 15.8. The maximum Gasteiger partial charge on any atom is 0.142 e. The third-order valence-electron chi connectivity index (χ3n) is 3.45. The van der Waals surface area contributed by atoms with Gasteiger partial charge in [0.2, 0.25) is 0 Å². The van der Waals surface area contributed by atoms with Crippen LogP contribution in [0, 0.1) is 5.82 Å². The van der Waals surface area contributed by atoms with Crippen molar-refractivity contribution in [3.63, 3.8) is 0 Å². The molecular formula is C16H21ClFN3. The Morgan fingerprint density at radius 2 is 2.19 bits per heavy atom. The fraction of sp³-hybridized carbons (Fsp3) is 0.438. The molecule has 0 aliphatic rings. The Hall–Kier alpha value is -1.39. The molecule has 2 rings (SSSR count). The predicted molar refractivity (Wildman–Crippen MR) is 84.0 cm³/mol. The molecule has 3 nitrogen and oxygen atoms in total. The molecule has 0 amide bonds. The number of rotatable bonds is 7. The van der Waals surface area contributed by atoms with Gasteiger partial charge in [0.25, 0.3) is 0 Å². The summed E-state index contributed by atoms with van der Waals surface area (Å²) in [5.74, 6) is 0.632. The van der Waals surface area contributed by atoms with Crippen LogP contribution in [0.25, 0.3) is 0 Å². The van der Waals surface area contributed by atoms with Crippen LogP contribution in [0.5, 0.6) is 0 Å². The molecule has 1 heterocycles. The lowest BCUT2D eigenvalue weighted by Crippen LogP contribution is -2.24. The van der Waals surface area contributed by atoms with Crippen molar-refractivity contribution in [2.45, 2.75) is 39.3 Å². The number of hydrogen-bond acceptors (Lipinski definition) is 2. The Morgan fingerprint density at radius 3 is 2.86 bits per heavy atom. The Morgan fingerprint density at radius 1 is 1.38 bits per heavy atom. The van der Waals surface area contributed by atoms with Gasteiger partial charge in [0.15, 0.2) is 0 Å². The monoisotopic (exact) mass is 309 g/mol. The van der Waals surface area contributed by atoms with Crippen molar-refractivity contribution in [3.8, 4) is 0 Å². The molecule has 0 radical (unpaired) electrons. The third kappa shape index (κ3) is 4.05. The second-order valence-corrected chi connectivity index (χ2v) is 5.43. The maximum atomic E-state index is 13.7. The number of benzene rings is 1. The smallest absolute Gasteiger partial charge is 0.142 e. The van der Waals surface area contributed by atoms with E-state index in [0.29, 0.717) is 0 Å². The summed E-state index contributed by atoms with van der Waals surface area (Å²) in [6.45, 7) is 5.93. The summed E-state index contributed by atoms with van der Waals surface area (Å²) in [5, 5.41) is 3.54. The molecule has 5 heteroatoms. The molecule has 0 aliphatic carbocycles. The molecule has 0 spiro atoms. The predicted octanol–water partition coefficient (Wildman–Crippen LogP) is 3.98. The van der Waals surface area contributed by atoms with E-state index in [4.69, 9.17) is 11.6 Å². The van der Waals surface area contributed by atoms with Crippen molar-refractivity contribution in [2.24, 2.45) is 0 Å². The summed E-state index contributed by atoms with van der Waals surface area (Å²) in [6.07, 6.45) is 5.59. The number of nitrogens with one attached hydrogen (secondary N) is 1. The van der Waals surface area contributed by atoms with Gasteiger partial charge in [-0.25, -0.2) is 9.37 Å². The van der Waals surface area contributed by atoms with E-state index in [1.165, 1.54) is 6.07 Å². The van der Waals surface area contributed by atoms with Crippen LogP contribution in [0.2, 0.25) is 5.02 Å². The second kappa shape index (κ2) is 7.57. The van der Waals surface area contributed by atoms with Crippen molar-refractivity contribution in [2.75, 3.05) is 6.54 Å². The van der Waals surface area contributed by atoms with Gasteiger partial charge in [-0.1, -0.05) is 31.5 Å². The molecule has 0 bridgehead atoms. The summed E-state index contributed by atoms with van der Waals surface area (Å²) in [6, 6.07) is 5.00. The molecule has 0 aliphatic heterocycles. The number of imidazole rings is 1. The van der Waals surface area contributed by atoms with Crippen molar-refractivity contribution >= 4 is 11.6 Å². The standard InChI is InChI=1S/C16H21ClFN3/c1-3-8-21-9-7-20-16(21)11-15(19-4-2)12-5-6-13(17)14(18)10-12/h5-7,9-10,15,19H,3-4,8,11H2,1-2H3. The normalized spacial score (nSPS) is 12.6. The van der Waals surface area contributed by atoms with Crippen LogP contribution in [0.4, 0.5) is 4.39 Å². The van der Waals surface area contributed by atoms with Crippen LogP contribution in [-0.4, -0.2) is 16.1 Å². The first-order valence-corrected chi connectivity index (χ1v) is 7.71. The Labute approximate surface area is 130 Å². The minimum atomic E-state index is -0.381. The highest BCUT2D eigenvalue weighted by atomic mass is 35.5. The summed E-state index contributed by atoms with van der Waals surface area (Å²) in [5.41, 5.74) is 0.893. The van der Waals surface area contributed by atoms with Gasteiger partial charge >= 0.3 is 0 Å². The summed E-state index contributed by atoms with van der Waals surface area (Å²) in [7, 11) is 0. The summed E-state index contributed by atoms with van der Waals surface area (Å²) >= 11 is 5.76. The van der Waals surface area contributed by atoms with Gasteiger partial charge in [-0.05, 0) is 30.7 Å². The van der Waals surface area contributed by atoms with Crippen molar-refractivity contribution in [1.82, 2.24) is 14.9 Å². The Kier molecular flexibility index (Phi) is 5.76. The highest BCUT2D eigenvalue weighted by Crippen LogP contribution is 2.23. The van der Waals surface area contributed by atoms with Gasteiger partial charge in [0.1, 0.15) is 11.6 Å². The fourth-order valence-corrected chi connectivity index (χ4v) is 2.56. The average molecular weight is 310 g/mol. The zero-order valence-corrected chi connectivity index (χ0v) is 13.2. The van der Waals surface area contributed by atoms with Gasteiger partial charge in [0.05, 0.1) is 5.02 Å². The van der Waals surface area contributed by atoms with Crippen LogP contribution in [-0.2, 0) is 13.0 Å². The number of aromatic nitrogens is 2. The van der Waals surface area contributed by atoms with Gasteiger partial charge in [-0.3, -0.25) is 0 Å². The van der Waals surface area contributed by atoms with E-state index in [9.17, 15) is 4.39 Å². The van der Waals surface area contributed by atoms with Gasteiger partial charge in [0, 0.05) is 31.4 Å². The molecule has 2 aromatic rings. The number of likely N-dealkylation sites (N-methyl/N-ethyl adjacent to an activating group) is 1. The molecule has 0 saturated heterocycles. The lowest BCUT2D eigenvalue weighted by Gasteiger charge is -2.19. The fourth-order valence-electron chi connectivity index (χ4n) is 2.44. The van der Waals surface area contributed by atoms with Gasteiger partial charge in [-0.2, -0.15) is 0 Å². The highest BCUT2D eigenvalue weighted by molar-refractivity contribution is 6.30. The highest BCUT2D eigenvalue weighted by Gasteiger charge is 2.16. The molecule has 0 fully saturated rings. The Bertz CT molecular complexity index is 583. The Balaban J connectivity index is 2.22. The molecule has 21 heavy (non-hydrogen) atoms. The van der Waals surface area contributed by atoms with E-state index < -0.39 is 0 Å². The lowest BCUT2D eigenvalue weighted by molar-refractivity contribution is 0.512. The van der Waals surface area contributed by atoms with Crippen LogP contribution in [0.3, 0.4) is 0 Å². The molecule has 114 valence electrons. The molecule has 1 atom stereocenters. The number of aryl methyl sites for hydroxylation is 1. The SMILES string of the molecule is CCCn1ccnc1CC(NCC)c1ccc(Cl)c(F)c1.